The first-order valence-corrected chi connectivity index (χ1v) is 9.98. The summed E-state index contributed by atoms with van der Waals surface area (Å²) in [4.78, 5) is 9.60. The summed E-state index contributed by atoms with van der Waals surface area (Å²) in [5.41, 5.74) is 0.611. The molecule has 1 aromatic carbocycles. The molecule has 0 bridgehead atoms. The summed E-state index contributed by atoms with van der Waals surface area (Å²) in [5, 5.41) is 14.5. The summed E-state index contributed by atoms with van der Waals surface area (Å²) in [5.74, 6) is 0. The average Bonchev–Trinajstić information content (AvgIpc) is 2.73. The molecule has 2 heterocycles. The molecule has 9 heteroatoms. The lowest BCUT2D eigenvalue weighted by Crippen LogP contribution is -2.44. The molecule has 1 aromatic rings. The van der Waals surface area contributed by atoms with Crippen LogP contribution in [0.15, 0.2) is 29.4 Å². The highest BCUT2D eigenvalue weighted by Gasteiger charge is 2.30. The van der Waals surface area contributed by atoms with Gasteiger partial charge in [-0.2, -0.15) is 13.2 Å². The molecule has 1 unspecified atom stereocenters. The van der Waals surface area contributed by atoms with E-state index in [1.807, 2.05) is 4.90 Å². The topological polar surface area (TPSA) is 57.5 Å². The van der Waals surface area contributed by atoms with Crippen molar-refractivity contribution in [2.24, 2.45) is 5.16 Å². The Kier molecular flexibility index (Phi) is 7.88. The first-order chi connectivity index (χ1) is 13.9. The number of rotatable bonds is 7. The Balaban J connectivity index is 1.38. The number of alkyl halides is 3. The number of hydrogen-bond donors (Lipinski definition) is 1. The van der Waals surface area contributed by atoms with E-state index in [0.29, 0.717) is 37.9 Å². The zero-order valence-corrected chi connectivity index (χ0v) is 16.4. The number of likely N-dealkylation sites (tertiary alicyclic amines) is 1. The number of hydrogen-bond acceptors (Lipinski definition) is 6. The van der Waals surface area contributed by atoms with E-state index < -0.39 is 18.0 Å². The number of nitrogens with zero attached hydrogens (tertiary/aromatic N) is 3. The largest absolute Gasteiger partial charge is 0.416 e. The van der Waals surface area contributed by atoms with Gasteiger partial charge in [0.15, 0.2) is 0 Å². The first kappa shape index (κ1) is 22.0. The number of morpholine rings is 1. The third kappa shape index (κ3) is 6.95. The van der Waals surface area contributed by atoms with Gasteiger partial charge < -0.3 is 14.7 Å². The predicted molar refractivity (Wildman–Crippen MR) is 102 cm³/mol. The number of aliphatic hydroxyl groups is 1. The highest BCUT2D eigenvalue weighted by atomic mass is 19.4. The van der Waals surface area contributed by atoms with E-state index in [1.54, 1.807) is 6.07 Å². The summed E-state index contributed by atoms with van der Waals surface area (Å²) >= 11 is 0. The van der Waals surface area contributed by atoms with Crippen LogP contribution in [-0.2, 0) is 22.4 Å². The van der Waals surface area contributed by atoms with Gasteiger partial charge in [-0.1, -0.05) is 17.3 Å². The summed E-state index contributed by atoms with van der Waals surface area (Å²) in [7, 11) is 0. The molecule has 162 valence electrons. The van der Waals surface area contributed by atoms with Crippen molar-refractivity contribution in [2.45, 2.75) is 38.3 Å². The van der Waals surface area contributed by atoms with Crippen LogP contribution >= 0.6 is 0 Å². The summed E-state index contributed by atoms with van der Waals surface area (Å²) in [6, 6.07) is 5.07. The molecule has 0 aromatic heterocycles. The fourth-order valence-corrected chi connectivity index (χ4v) is 3.51. The van der Waals surface area contributed by atoms with Gasteiger partial charge in [0.2, 0.25) is 0 Å². The second-order valence-electron chi connectivity index (χ2n) is 7.39. The molecule has 3 rings (SSSR count). The molecule has 0 saturated carbocycles. The van der Waals surface area contributed by atoms with Crippen molar-refractivity contribution in [3.8, 4) is 0 Å². The number of aliphatic hydroxyl groups excluding tert-OH is 1. The van der Waals surface area contributed by atoms with Crippen LogP contribution in [0.4, 0.5) is 13.2 Å². The van der Waals surface area contributed by atoms with Crippen molar-refractivity contribution in [1.82, 2.24) is 9.80 Å². The molecule has 2 fully saturated rings. The number of oxime groups is 1. The Morgan fingerprint density at radius 3 is 2.55 bits per heavy atom. The Morgan fingerprint density at radius 2 is 1.86 bits per heavy atom. The maximum Gasteiger partial charge on any atom is 0.416 e. The molecule has 1 atom stereocenters. The number of benzene rings is 1. The van der Waals surface area contributed by atoms with Crippen molar-refractivity contribution in [3.05, 3.63) is 35.4 Å². The van der Waals surface area contributed by atoms with Crippen LogP contribution in [0.25, 0.3) is 0 Å². The van der Waals surface area contributed by atoms with E-state index in [1.165, 1.54) is 6.07 Å². The van der Waals surface area contributed by atoms with Crippen molar-refractivity contribution in [3.63, 3.8) is 0 Å². The SMILES string of the molecule is OC(CCN1CCOCC1)N1CCC(=NOCc2cccc(C(F)(F)F)c2)CC1. The van der Waals surface area contributed by atoms with Crippen LogP contribution in [-0.4, -0.2) is 72.8 Å². The van der Waals surface area contributed by atoms with Crippen LogP contribution in [0.3, 0.4) is 0 Å². The average molecular weight is 415 g/mol. The molecular formula is C20H28F3N3O3. The quantitative estimate of drug-likeness (QED) is 0.694. The highest BCUT2D eigenvalue weighted by Crippen LogP contribution is 2.29. The maximum atomic E-state index is 12.7. The lowest BCUT2D eigenvalue weighted by molar-refractivity contribution is -0.137. The summed E-state index contributed by atoms with van der Waals surface area (Å²) < 4.78 is 43.6. The van der Waals surface area contributed by atoms with Crippen LogP contribution < -0.4 is 0 Å². The normalized spacial score (nSPS) is 20.5. The van der Waals surface area contributed by atoms with Crippen LogP contribution in [0.5, 0.6) is 0 Å². The third-order valence-corrected chi connectivity index (χ3v) is 5.28. The van der Waals surface area contributed by atoms with E-state index in [2.05, 4.69) is 10.1 Å². The van der Waals surface area contributed by atoms with Crippen molar-refractivity contribution < 1.29 is 27.9 Å². The van der Waals surface area contributed by atoms with Crippen molar-refractivity contribution in [2.75, 3.05) is 45.9 Å². The van der Waals surface area contributed by atoms with Crippen LogP contribution in [0, 0.1) is 0 Å². The van der Waals surface area contributed by atoms with Crippen LogP contribution in [0.2, 0.25) is 0 Å². The Hall–Kier alpha value is -1.68. The predicted octanol–water partition coefficient (Wildman–Crippen LogP) is 2.71. The van der Waals surface area contributed by atoms with Gasteiger partial charge in [-0.15, -0.1) is 0 Å². The first-order valence-electron chi connectivity index (χ1n) is 9.98. The molecule has 0 amide bonds. The molecule has 2 saturated heterocycles. The fourth-order valence-electron chi connectivity index (χ4n) is 3.51. The van der Waals surface area contributed by atoms with Gasteiger partial charge in [-0.25, -0.2) is 0 Å². The van der Waals surface area contributed by atoms with Gasteiger partial charge in [0, 0.05) is 45.6 Å². The van der Waals surface area contributed by atoms with E-state index >= 15 is 0 Å². The fraction of sp³-hybridized carbons (Fsp3) is 0.650. The molecule has 0 aliphatic carbocycles. The molecule has 0 spiro atoms. The van der Waals surface area contributed by atoms with E-state index in [4.69, 9.17) is 9.57 Å². The molecule has 6 nitrogen and oxygen atoms in total. The highest BCUT2D eigenvalue weighted by molar-refractivity contribution is 5.84. The van der Waals surface area contributed by atoms with Gasteiger partial charge >= 0.3 is 6.18 Å². The Morgan fingerprint density at radius 1 is 1.14 bits per heavy atom. The van der Waals surface area contributed by atoms with Crippen molar-refractivity contribution in [1.29, 1.82) is 0 Å². The van der Waals surface area contributed by atoms with Crippen molar-refractivity contribution >= 4 is 5.71 Å². The summed E-state index contributed by atoms with van der Waals surface area (Å²) in [6.07, 6.45) is -2.80. The second-order valence-corrected chi connectivity index (χ2v) is 7.39. The standard InChI is InChI=1S/C20H28F3N3O3/c21-20(22,23)17-3-1-2-16(14-17)15-29-24-18-4-8-26(9-5-18)19(27)6-7-25-10-12-28-13-11-25/h1-3,14,19,27H,4-13,15H2. The minimum atomic E-state index is -4.36. The zero-order chi connectivity index (χ0) is 20.7. The van der Waals surface area contributed by atoms with Crippen LogP contribution in [0.1, 0.15) is 30.4 Å². The van der Waals surface area contributed by atoms with E-state index in [9.17, 15) is 18.3 Å². The Bertz CT molecular complexity index is 668. The van der Waals surface area contributed by atoms with Gasteiger partial charge in [0.1, 0.15) is 12.8 Å². The summed E-state index contributed by atoms with van der Waals surface area (Å²) in [6.45, 7) is 5.55. The molecule has 2 aliphatic rings. The minimum Gasteiger partial charge on any atom is -0.391 e. The lowest BCUT2D eigenvalue weighted by Gasteiger charge is -2.33. The van der Waals surface area contributed by atoms with Gasteiger partial charge in [-0.05, 0) is 24.1 Å². The minimum absolute atomic E-state index is 0.000686. The lowest BCUT2D eigenvalue weighted by atomic mass is 10.1. The smallest absolute Gasteiger partial charge is 0.391 e. The molecule has 2 aliphatic heterocycles. The third-order valence-electron chi connectivity index (χ3n) is 5.28. The molecule has 29 heavy (non-hydrogen) atoms. The van der Waals surface area contributed by atoms with E-state index in [0.717, 1.165) is 50.7 Å². The molecule has 0 radical (unpaired) electrons. The molecular weight excluding hydrogens is 387 g/mol. The van der Waals surface area contributed by atoms with Gasteiger partial charge in [0.25, 0.3) is 0 Å². The zero-order valence-electron chi connectivity index (χ0n) is 16.4. The van der Waals surface area contributed by atoms with Gasteiger partial charge in [0.05, 0.1) is 24.5 Å². The van der Waals surface area contributed by atoms with E-state index in [-0.39, 0.29) is 6.61 Å². The Labute approximate surface area is 168 Å². The number of ether oxygens (including phenoxy) is 1. The monoisotopic (exact) mass is 415 g/mol. The number of piperidine rings is 1. The maximum absolute atomic E-state index is 12.7. The molecule has 1 N–H and O–H groups in total. The second kappa shape index (κ2) is 10.4. The number of halogens is 3. The van der Waals surface area contributed by atoms with Gasteiger partial charge in [-0.3, -0.25) is 9.80 Å².